The average Bonchev–Trinajstić information content (AvgIpc) is 4.00. The van der Waals surface area contributed by atoms with Crippen molar-refractivity contribution in [3.05, 3.63) is 72.3 Å². The Balaban J connectivity index is 0.783. The molecule has 4 aliphatic rings. The molecule has 17 heteroatoms. The van der Waals surface area contributed by atoms with Gasteiger partial charge in [0.05, 0.1) is 45.1 Å². The predicted octanol–water partition coefficient (Wildman–Crippen LogP) is 5.75. The van der Waals surface area contributed by atoms with Crippen molar-refractivity contribution in [3.8, 4) is 0 Å². The highest BCUT2D eigenvalue weighted by Gasteiger charge is 2.53. The summed E-state index contributed by atoms with van der Waals surface area (Å²) in [6.45, 7) is 7.41. The molecular formula is C38H48N10O5S2. The van der Waals surface area contributed by atoms with Gasteiger partial charge in [0.15, 0.2) is 10.3 Å². The molecule has 8 rings (SSSR count). The summed E-state index contributed by atoms with van der Waals surface area (Å²) in [4.78, 5) is 30.3. The van der Waals surface area contributed by atoms with Crippen LogP contribution in [-0.2, 0) is 28.3 Å². The first-order valence-electron chi connectivity index (χ1n) is 18.9. The molecule has 55 heavy (non-hydrogen) atoms. The molecule has 4 fully saturated rings. The average molecular weight is 789 g/mol. The molecule has 6 heterocycles. The second kappa shape index (κ2) is 16.1. The number of benzene rings is 2. The molecule has 4 aliphatic heterocycles. The molecule has 1 spiro atoms. The largest absolute Gasteiger partial charge is 0.375 e. The van der Waals surface area contributed by atoms with Gasteiger partial charge in [0.2, 0.25) is 0 Å². The Morgan fingerprint density at radius 2 is 1.42 bits per heavy atom. The van der Waals surface area contributed by atoms with Crippen LogP contribution < -0.4 is 10.6 Å². The van der Waals surface area contributed by atoms with E-state index in [4.69, 9.17) is 14.2 Å². The third kappa shape index (κ3) is 8.50. The maximum atomic E-state index is 13.4. The highest BCUT2D eigenvalue weighted by molar-refractivity contribution is 7.99. The van der Waals surface area contributed by atoms with Gasteiger partial charge in [-0.25, -0.2) is 9.59 Å². The molecular weight excluding hydrogens is 741 g/mol. The highest BCUT2D eigenvalue weighted by Crippen LogP contribution is 2.43. The van der Waals surface area contributed by atoms with Crippen LogP contribution in [0.3, 0.4) is 0 Å². The first kappa shape index (κ1) is 37.7. The summed E-state index contributed by atoms with van der Waals surface area (Å²) in [5.74, 6) is 0.244. The number of anilines is 2. The fourth-order valence-corrected chi connectivity index (χ4v) is 9.65. The minimum Gasteiger partial charge on any atom is -0.375 e. The molecule has 0 radical (unpaired) electrons. The Hall–Kier alpha value is -4.16. The molecule has 2 N–H and O–H groups in total. The van der Waals surface area contributed by atoms with Crippen LogP contribution in [0.1, 0.15) is 54.7 Å². The Bertz CT molecular complexity index is 1990. The van der Waals surface area contributed by atoms with Crippen LogP contribution in [-0.4, -0.2) is 115 Å². The van der Waals surface area contributed by atoms with Gasteiger partial charge < -0.3 is 43.8 Å². The van der Waals surface area contributed by atoms with E-state index in [1.165, 1.54) is 0 Å². The van der Waals surface area contributed by atoms with E-state index < -0.39 is 0 Å². The van der Waals surface area contributed by atoms with Crippen LogP contribution in [0, 0.1) is 5.92 Å². The molecule has 292 valence electrons. The number of urea groups is 2. The summed E-state index contributed by atoms with van der Waals surface area (Å²) in [7, 11) is 3.85. The van der Waals surface area contributed by atoms with Crippen LogP contribution in [0.2, 0.25) is 0 Å². The number of morpholine rings is 1. The number of carbonyl (C=O) groups is 2. The lowest BCUT2D eigenvalue weighted by molar-refractivity contribution is -0.129. The number of nitrogens with one attached hydrogen (secondary N) is 2. The number of thioether (sulfide) groups is 2. The van der Waals surface area contributed by atoms with Crippen LogP contribution in [0.5, 0.6) is 0 Å². The minimum absolute atomic E-state index is 0.0734. The summed E-state index contributed by atoms with van der Waals surface area (Å²) in [6.07, 6.45) is 5.81. The number of carbonyl (C=O) groups excluding carboxylic acids is 2. The second-order valence-corrected chi connectivity index (χ2v) is 17.7. The summed E-state index contributed by atoms with van der Waals surface area (Å²) in [5, 5.41) is 24.4. The summed E-state index contributed by atoms with van der Waals surface area (Å²) >= 11 is 3.25. The molecule has 6 atom stereocenters. The van der Waals surface area contributed by atoms with Crippen molar-refractivity contribution >= 4 is 47.0 Å². The number of amides is 4. The number of aryl methyl sites for hydroxylation is 2. The topological polar surface area (TPSA) is 154 Å². The van der Waals surface area contributed by atoms with Crippen LogP contribution in [0.4, 0.5) is 21.0 Å². The standard InChI is InChI=1S/C38H48N10O5S2/c1-24(54-36-43-39-22-45(36)3)26-7-5-9-29(15-26)41-34(49)47-13-14-51-33(18-47)32-17-28(19-52-32)31-11-12-38(53-31)20-48(21-38)35(50)42-30-10-6-8-27(16-30)25(2)55-37-44-40-23-46(37)4/h5-10,15-16,22-25,28,31-33H,11-14,17-21H2,1-4H3,(H,41,49)(H,42,50)/t24-,25-,28?,31?,32+,33+/m0/s1. The zero-order valence-corrected chi connectivity index (χ0v) is 33.2. The number of rotatable bonds is 10. The van der Waals surface area contributed by atoms with Crippen molar-refractivity contribution in [1.82, 2.24) is 39.3 Å². The first-order valence-corrected chi connectivity index (χ1v) is 20.6. The van der Waals surface area contributed by atoms with E-state index in [0.29, 0.717) is 39.4 Å². The minimum atomic E-state index is -0.303. The van der Waals surface area contributed by atoms with Gasteiger partial charge in [0.25, 0.3) is 0 Å². The third-order valence-electron chi connectivity index (χ3n) is 11.0. The first-order chi connectivity index (χ1) is 26.6. The molecule has 0 bridgehead atoms. The molecule has 2 unspecified atom stereocenters. The molecule has 15 nitrogen and oxygen atoms in total. The normalized spacial score (nSPS) is 24.4. The van der Waals surface area contributed by atoms with Crippen molar-refractivity contribution in [2.24, 2.45) is 20.0 Å². The molecule has 2 aromatic heterocycles. The van der Waals surface area contributed by atoms with Gasteiger partial charge in [-0.2, -0.15) is 0 Å². The monoisotopic (exact) mass is 788 g/mol. The molecule has 0 aliphatic carbocycles. The van der Waals surface area contributed by atoms with Gasteiger partial charge in [-0.1, -0.05) is 47.8 Å². The quantitative estimate of drug-likeness (QED) is 0.189. The summed E-state index contributed by atoms with van der Waals surface area (Å²) in [5.41, 5.74) is 3.40. The number of hydrogen-bond acceptors (Lipinski definition) is 11. The Labute approximate surface area is 329 Å². The maximum absolute atomic E-state index is 13.4. The van der Waals surface area contributed by atoms with Gasteiger partial charge in [0, 0.05) is 48.4 Å². The SMILES string of the molecule is C[C@H](Sc1nncn1C)c1cccc(NC(=O)N2CCO[C@@H]([C@H]3CC(C4CCC5(CN(C(=O)Nc6cccc([C@H](C)Sc7nncn7C)c6)C5)O4)CO3)C2)c1. The van der Waals surface area contributed by atoms with Gasteiger partial charge in [-0.05, 0) is 68.5 Å². The van der Waals surface area contributed by atoms with E-state index in [9.17, 15) is 9.59 Å². The van der Waals surface area contributed by atoms with E-state index in [2.05, 4.69) is 57.0 Å². The van der Waals surface area contributed by atoms with E-state index in [1.807, 2.05) is 69.4 Å². The summed E-state index contributed by atoms with van der Waals surface area (Å²) in [6, 6.07) is 15.6. The fourth-order valence-electron chi connectivity index (χ4n) is 7.84. The van der Waals surface area contributed by atoms with Gasteiger partial charge in [0.1, 0.15) is 24.4 Å². The lowest BCUT2D eigenvalue weighted by Gasteiger charge is -2.47. The van der Waals surface area contributed by atoms with Crippen LogP contribution in [0.15, 0.2) is 71.5 Å². The summed E-state index contributed by atoms with van der Waals surface area (Å²) < 4.78 is 22.9. The highest BCUT2D eigenvalue weighted by atomic mass is 32.2. The fraction of sp³-hybridized carbons (Fsp3) is 0.526. The number of aromatic nitrogens is 6. The van der Waals surface area contributed by atoms with Gasteiger partial charge >= 0.3 is 12.1 Å². The lowest BCUT2D eigenvalue weighted by atomic mass is 9.89. The lowest BCUT2D eigenvalue weighted by Crippen LogP contribution is -2.64. The molecule has 0 saturated carbocycles. The van der Waals surface area contributed by atoms with Gasteiger partial charge in [-0.3, -0.25) is 0 Å². The molecule has 4 amide bonds. The Morgan fingerprint density at radius 3 is 2.00 bits per heavy atom. The van der Waals surface area contributed by atoms with Crippen molar-refractivity contribution in [1.29, 1.82) is 0 Å². The van der Waals surface area contributed by atoms with E-state index >= 15 is 0 Å². The third-order valence-corrected chi connectivity index (χ3v) is 13.4. The maximum Gasteiger partial charge on any atom is 0.322 e. The smallest absolute Gasteiger partial charge is 0.322 e. The number of likely N-dealkylation sites (tertiary alicyclic amines) is 1. The zero-order chi connectivity index (χ0) is 38.1. The van der Waals surface area contributed by atoms with E-state index in [1.54, 1.807) is 36.2 Å². The zero-order valence-electron chi connectivity index (χ0n) is 31.5. The van der Waals surface area contributed by atoms with Crippen molar-refractivity contribution in [3.63, 3.8) is 0 Å². The molecule has 4 aromatic rings. The number of nitrogens with zero attached hydrogens (tertiary/aromatic N) is 8. The van der Waals surface area contributed by atoms with Crippen molar-refractivity contribution in [2.45, 2.75) is 77.8 Å². The Morgan fingerprint density at radius 1 is 0.818 bits per heavy atom. The predicted molar refractivity (Wildman–Crippen MR) is 209 cm³/mol. The number of hydrogen-bond donors (Lipinski definition) is 2. The Kier molecular flexibility index (Phi) is 11.1. The second-order valence-electron chi connectivity index (χ2n) is 15.0. The number of ether oxygens (including phenoxy) is 3. The van der Waals surface area contributed by atoms with Crippen LogP contribution in [0.25, 0.3) is 0 Å². The van der Waals surface area contributed by atoms with Crippen LogP contribution >= 0.6 is 23.5 Å². The van der Waals surface area contributed by atoms with E-state index in [-0.39, 0.29) is 52.4 Å². The van der Waals surface area contributed by atoms with Crippen molar-refractivity contribution in [2.75, 3.05) is 50.0 Å². The van der Waals surface area contributed by atoms with E-state index in [0.717, 1.165) is 52.1 Å². The van der Waals surface area contributed by atoms with Gasteiger partial charge in [-0.15, -0.1) is 20.4 Å². The molecule has 4 saturated heterocycles. The van der Waals surface area contributed by atoms with Crippen molar-refractivity contribution < 1.29 is 23.8 Å². The molecule has 2 aromatic carbocycles.